The number of alkyl halides is 3. The van der Waals surface area contributed by atoms with Crippen LogP contribution in [0.3, 0.4) is 0 Å². The minimum Gasteiger partial charge on any atom is -0.171 e. The van der Waals surface area contributed by atoms with E-state index in [2.05, 4.69) is 0 Å². The monoisotopic (exact) mass is 196 g/mol. The van der Waals surface area contributed by atoms with Crippen molar-refractivity contribution in [3.8, 4) is 0 Å². The molecule has 3 heteroatoms. The molecule has 0 saturated carbocycles. The summed E-state index contributed by atoms with van der Waals surface area (Å²) in [4.78, 5) is 0. The Morgan fingerprint density at radius 2 is 1.62 bits per heavy atom. The molecule has 0 saturated heterocycles. The van der Waals surface area contributed by atoms with Crippen LogP contribution in [-0.4, -0.2) is 6.18 Å². The Kier molecular flexibility index (Phi) is 5.42. The van der Waals surface area contributed by atoms with Gasteiger partial charge in [-0.25, -0.2) is 0 Å². The van der Waals surface area contributed by atoms with Crippen LogP contribution in [0.25, 0.3) is 0 Å². The van der Waals surface area contributed by atoms with Crippen LogP contribution >= 0.6 is 0 Å². The second-order valence-electron chi connectivity index (χ2n) is 3.89. The fourth-order valence-electron chi connectivity index (χ4n) is 1.49. The molecule has 0 bridgehead atoms. The molecule has 0 N–H and O–H groups in total. The minimum atomic E-state index is -4.01. The Hall–Kier alpha value is -0.210. The highest BCUT2D eigenvalue weighted by Gasteiger charge is 2.40. The average molecular weight is 196 g/mol. The van der Waals surface area contributed by atoms with Gasteiger partial charge in [0.25, 0.3) is 0 Å². The maximum absolute atomic E-state index is 12.4. The summed E-state index contributed by atoms with van der Waals surface area (Å²) in [6.07, 6.45) is -1.16. The first kappa shape index (κ1) is 12.8. The van der Waals surface area contributed by atoms with Crippen LogP contribution in [0, 0.1) is 11.8 Å². The summed E-state index contributed by atoms with van der Waals surface area (Å²) in [6.45, 7) is 5.28. The Bertz CT molecular complexity index is 127. The van der Waals surface area contributed by atoms with E-state index in [1.54, 1.807) is 13.8 Å². The Labute approximate surface area is 78.5 Å². The van der Waals surface area contributed by atoms with E-state index in [4.69, 9.17) is 0 Å². The van der Waals surface area contributed by atoms with Gasteiger partial charge >= 0.3 is 6.18 Å². The molecule has 0 heterocycles. The van der Waals surface area contributed by atoms with Crippen molar-refractivity contribution < 1.29 is 13.2 Å². The molecule has 0 fully saturated rings. The molecule has 0 nitrogen and oxygen atoms in total. The second-order valence-corrected chi connectivity index (χ2v) is 3.89. The van der Waals surface area contributed by atoms with Crippen LogP contribution in [-0.2, 0) is 0 Å². The van der Waals surface area contributed by atoms with Gasteiger partial charge in [0.2, 0.25) is 0 Å². The zero-order chi connectivity index (χ0) is 10.5. The molecule has 0 aliphatic rings. The van der Waals surface area contributed by atoms with Gasteiger partial charge in [-0.15, -0.1) is 0 Å². The van der Waals surface area contributed by atoms with Crippen molar-refractivity contribution in [3.63, 3.8) is 0 Å². The zero-order valence-corrected chi connectivity index (χ0v) is 8.62. The van der Waals surface area contributed by atoms with Gasteiger partial charge in [0.05, 0.1) is 5.92 Å². The highest BCUT2D eigenvalue weighted by Crippen LogP contribution is 2.35. The van der Waals surface area contributed by atoms with Gasteiger partial charge < -0.3 is 0 Å². The zero-order valence-electron chi connectivity index (χ0n) is 8.62. The van der Waals surface area contributed by atoms with E-state index in [-0.39, 0.29) is 12.3 Å². The summed E-state index contributed by atoms with van der Waals surface area (Å²) < 4.78 is 37.2. The molecule has 0 aromatic heterocycles. The van der Waals surface area contributed by atoms with E-state index in [9.17, 15) is 13.2 Å². The van der Waals surface area contributed by atoms with Crippen LogP contribution in [0.2, 0.25) is 0 Å². The molecule has 0 aromatic rings. The number of rotatable bonds is 5. The Morgan fingerprint density at radius 1 is 1.08 bits per heavy atom. The lowest BCUT2D eigenvalue weighted by Gasteiger charge is -2.23. The molecule has 13 heavy (non-hydrogen) atoms. The molecule has 0 aromatic carbocycles. The quantitative estimate of drug-likeness (QED) is 0.572. The molecule has 0 aliphatic heterocycles. The van der Waals surface area contributed by atoms with Crippen molar-refractivity contribution in [1.29, 1.82) is 0 Å². The molecule has 0 rings (SSSR count). The lowest BCUT2D eigenvalue weighted by Crippen LogP contribution is -2.27. The fourth-order valence-corrected chi connectivity index (χ4v) is 1.49. The summed E-state index contributed by atoms with van der Waals surface area (Å²) in [6, 6.07) is 0. The van der Waals surface area contributed by atoms with E-state index in [1.165, 1.54) is 0 Å². The first-order chi connectivity index (χ1) is 5.89. The van der Waals surface area contributed by atoms with Gasteiger partial charge in [-0.2, -0.15) is 13.2 Å². The predicted molar refractivity (Wildman–Crippen MR) is 48.5 cm³/mol. The number of hydrogen-bond donors (Lipinski definition) is 0. The molecule has 1 atom stereocenters. The lowest BCUT2D eigenvalue weighted by atomic mass is 9.90. The molecule has 80 valence electrons. The van der Waals surface area contributed by atoms with Gasteiger partial charge in [-0.3, -0.25) is 0 Å². The first-order valence-corrected chi connectivity index (χ1v) is 4.96. The minimum absolute atomic E-state index is 0.287. The normalized spacial score (nSPS) is 15.0. The topological polar surface area (TPSA) is 0 Å². The third kappa shape index (κ3) is 5.17. The van der Waals surface area contributed by atoms with Crippen molar-refractivity contribution in [2.75, 3.05) is 0 Å². The second kappa shape index (κ2) is 5.51. The summed E-state index contributed by atoms with van der Waals surface area (Å²) in [7, 11) is 0. The maximum atomic E-state index is 12.4. The summed E-state index contributed by atoms with van der Waals surface area (Å²) in [5.41, 5.74) is 0. The van der Waals surface area contributed by atoms with Crippen molar-refractivity contribution in [2.24, 2.45) is 11.8 Å². The average Bonchev–Trinajstić information content (AvgIpc) is 1.94. The summed E-state index contributed by atoms with van der Waals surface area (Å²) in [5.74, 6) is -1.41. The van der Waals surface area contributed by atoms with Crippen molar-refractivity contribution >= 4 is 0 Å². The number of hydrogen-bond acceptors (Lipinski definition) is 0. The van der Waals surface area contributed by atoms with Crippen molar-refractivity contribution in [2.45, 2.75) is 52.6 Å². The standard InChI is InChI=1S/C10H19F3/c1-4-5-6-7-9(8(2)3)10(11,12)13/h8-9H,4-7H2,1-3H3/t9-/m1/s1. The first-order valence-electron chi connectivity index (χ1n) is 4.96. The van der Waals surface area contributed by atoms with E-state index >= 15 is 0 Å². The third-order valence-corrected chi connectivity index (χ3v) is 2.34. The fraction of sp³-hybridized carbons (Fsp3) is 1.00. The third-order valence-electron chi connectivity index (χ3n) is 2.34. The van der Waals surface area contributed by atoms with Gasteiger partial charge in [-0.1, -0.05) is 40.0 Å². The number of unbranched alkanes of at least 4 members (excludes halogenated alkanes) is 2. The summed E-state index contributed by atoms with van der Waals surface area (Å²) in [5, 5.41) is 0. The van der Waals surface area contributed by atoms with Gasteiger partial charge in [0, 0.05) is 0 Å². The molecule has 0 unspecified atom stereocenters. The van der Waals surface area contributed by atoms with Gasteiger partial charge in [0.15, 0.2) is 0 Å². The molecular weight excluding hydrogens is 177 g/mol. The molecule has 0 spiro atoms. The highest BCUT2D eigenvalue weighted by molar-refractivity contribution is 4.70. The smallest absolute Gasteiger partial charge is 0.171 e. The highest BCUT2D eigenvalue weighted by atomic mass is 19.4. The van der Waals surface area contributed by atoms with Crippen molar-refractivity contribution in [3.05, 3.63) is 0 Å². The van der Waals surface area contributed by atoms with Gasteiger partial charge in [0.1, 0.15) is 0 Å². The Morgan fingerprint density at radius 3 is 1.92 bits per heavy atom. The van der Waals surface area contributed by atoms with Gasteiger partial charge in [-0.05, 0) is 12.3 Å². The lowest BCUT2D eigenvalue weighted by molar-refractivity contribution is -0.187. The Balaban J connectivity index is 3.97. The van der Waals surface area contributed by atoms with Crippen LogP contribution in [0.15, 0.2) is 0 Å². The molecule has 0 amide bonds. The van der Waals surface area contributed by atoms with E-state index in [1.807, 2.05) is 6.92 Å². The van der Waals surface area contributed by atoms with Crippen molar-refractivity contribution in [1.82, 2.24) is 0 Å². The molecular formula is C10H19F3. The predicted octanol–water partition coefficient (Wildman–Crippen LogP) is 4.40. The largest absolute Gasteiger partial charge is 0.392 e. The van der Waals surface area contributed by atoms with E-state index in [0.717, 1.165) is 12.8 Å². The summed E-state index contributed by atoms with van der Waals surface area (Å²) >= 11 is 0. The molecule has 0 aliphatic carbocycles. The maximum Gasteiger partial charge on any atom is 0.392 e. The van der Waals surface area contributed by atoms with E-state index < -0.39 is 12.1 Å². The van der Waals surface area contributed by atoms with Crippen LogP contribution in [0.5, 0.6) is 0 Å². The van der Waals surface area contributed by atoms with Crippen LogP contribution in [0.1, 0.15) is 46.5 Å². The molecule has 0 radical (unpaired) electrons. The SMILES string of the molecule is CCCCC[C@H](C(C)C)C(F)(F)F. The van der Waals surface area contributed by atoms with E-state index in [0.29, 0.717) is 6.42 Å². The van der Waals surface area contributed by atoms with Crippen LogP contribution in [0.4, 0.5) is 13.2 Å². The van der Waals surface area contributed by atoms with Crippen LogP contribution < -0.4 is 0 Å². The number of halogens is 3.